The summed E-state index contributed by atoms with van der Waals surface area (Å²) in [6.45, 7) is 0.585. The Hall–Kier alpha value is -2.15. The fourth-order valence-electron chi connectivity index (χ4n) is 7.00. The third-order valence-corrected chi connectivity index (χ3v) is 8.18. The van der Waals surface area contributed by atoms with E-state index in [9.17, 15) is 9.59 Å². The first-order chi connectivity index (χ1) is 15.9. The van der Waals surface area contributed by atoms with Crippen molar-refractivity contribution in [2.24, 2.45) is 23.2 Å². The second-order valence-corrected chi connectivity index (χ2v) is 10.9. The van der Waals surface area contributed by atoms with Crippen LogP contribution in [0.25, 0.3) is 0 Å². The Morgan fingerprint density at radius 1 is 1.09 bits per heavy atom. The summed E-state index contributed by atoms with van der Waals surface area (Å²) in [6.07, 6.45) is 9.84. The number of amides is 1. The van der Waals surface area contributed by atoms with Crippen molar-refractivity contribution in [1.82, 2.24) is 5.32 Å². The molecule has 1 atom stereocenters. The van der Waals surface area contributed by atoms with Gasteiger partial charge < -0.3 is 19.5 Å². The standard InChI is InChI=1S/C26H34FNO5/c1-31-13-22(25(30)32-2)28-24(29)20-8-19(18-3-4-18)23(9-21(20)27)33-14-26-10-15-5-16(11-26)7-17(6-15)12-26/h8-9,15-18,22H,3-7,10-14H2,1-2H3,(H,28,29). The van der Waals surface area contributed by atoms with E-state index in [1.54, 1.807) is 6.07 Å². The number of ether oxygens (including phenoxy) is 3. The molecule has 4 bridgehead atoms. The molecular formula is C26H34FNO5. The maximum absolute atomic E-state index is 15.1. The zero-order valence-corrected chi connectivity index (χ0v) is 19.5. The van der Waals surface area contributed by atoms with Crippen LogP contribution in [0.3, 0.4) is 0 Å². The van der Waals surface area contributed by atoms with Gasteiger partial charge in [0.1, 0.15) is 11.6 Å². The molecule has 0 aromatic heterocycles. The Labute approximate surface area is 194 Å². The number of rotatable bonds is 9. The molecule has 0 radical (unpaired) electrons. The van der Waals surface area contributed by atoms with Crippen LogP contribution in [0.1, 0.15) is 73.2 Å². The van der Waals surface area contributed by atoms with Crippen LogP contribution in [0, 0.1) is 29.0 Å². The van der Waals surface area contributed by atoms with Crippen LogP contribution >= 0.6 is 0 Å². The van der Waals surface area contributed by atoms with Crippen molar-refractivity contribution in [1.29, 1.82) is 0 Å². The van der Waals surface area contributed by atoms with Gasteiger partial charge >= 0.3 is 5.97 Å². The average molecular weight is 460 g/mol. The largest absolute Gasteiger partial charge is 0.493 e. The zero-order chi connectivity index (χ0) is 23.2. The summed E-state index contributed by atoms with van der Waals surface area (Å²) in [4.78, 5) is 24.7. The van der Waals surface area contributed by atoms with Gasteiger partial charge in [0.2, 0.25) is 0 Å². The third-order valence-electron chi connectivity index (χ3n) is 8.18. The molecule has 33 heavy (non-hydrogen) atoms. The van der Waals surface area contributed by atoms with Gasteiger partial charge in [-0.1, -0.05) is 0 Å². The van der Waals surface area contributed by atoms with E-state index in [0.29, 0.717) is 18.3 Å². The highest BCUT2D eigenvalue weighted by Crippen LogP contribution is 2.60. The van der Waals surface area contributed by atoms with Crippen LogP contribution in [0.5, 0.6) is 5.75 Å². The van der Waals surface area contributed by atoms with Crippen LogP contribution in [0.15, 0.2) is 12.1 Å². The fourth-order valence-corrected chi connectivity index (χ4v) is 7.00. The first-order valence-corrected chi connectivity index (χ1v) is 12.2. The second kappa shape index (κ2) is 8.90. The lowest BCUT2D eigenvalue weighted by Crippen LogP contribution is -2.48. The molecule has 0 spiro atoms. The molecule has 5 aliphatic carbocycles. The van der Waals surface area contributed by atoms with Crippen molar-refractivity contribution >= 4 is 11.9 Å². The highest BCUT2D eigenvalue weighted by Gasteiger charge is 2.51. The zero-order valence-electron chi connectivity index (χ0n) is 19.5. The summed E-state index contributed by atoms with van der Waals surface area (Å²) in [6, 6.07) is 1.98. The van der Waals surface area contributed by atoms with Gasteiger partial charge in [-0.25, -0.2) is 9.18 Å². The van der Waals surface area contributed by atoms with Gasteiger partial charge in [-0.15, -0.1) is 0 Å². The lowest BCUT2D eigenvalue weighted by atomic mass is 9.50. The van der Waals surface area contributed by atoms with Gasteiger partial charge in [-0.3, -0.25) is 4.79 Å². The molecule has 1 amide bonds. The van der Waals surface area contributed by atoms with Crippen LogP contribution in [-0.4, -0.2) is 45.4 Å². The monoisotopic (exact) mass is 459 g/mol. The highest BCUT2D eigenvalue weighted by atomic mass is 19.1. The molecule has 1 aromatic rings. The van der Waals surface area contributed by atoms with Crippen LogP contribution in [0.2, 0.25) is 0 Å². The number of hydrogen-bond donors (Lipinski definition) is 1. The Morgan fingerprint density at radius 2 is 1.73 bits per heavy atom. The summed E-state index contributed by atoms with van der Waals surface area (Å²) in [5.74, 6) is 1.43. The summed E-state index contributed by atoms with van der Waals surface area (Å²) >= 11 is 0. The molecule has 5 fully saturated rings. The van der Waals surface area contributed by atoms with Crippen molar-refractivity contribution in [3.8, 4) is 5.75 Å². The summed E-state index contributed by atoms with van der Waals surface area (Å²) in [5.41, 5.74) is 1.05. The minimum atomic E-state index is -0.997. The number of nitrogens with one attached hydrogen (secondary N) is 1. The number of esters is 1. The van der Waals surface area contributed by atoms with Gasteiger partial charge in [0.15, 0.2) is 6.04 Å². The molecular weight excluding hydrogens is 425 g/mol. The van der Waals surface area contributed by atoms with Gasteiger partial charge in [0.25, 0.3) is 5.91 Å². The normalized spacial score (nSPS) is 30.7. The lowest BCUT2D eigenvalue weighted by Gasteiger charge is -2.56. The molecule has 5 aliphatic rings. The quantitative estimate of drug-likeness (QED) is 0.560. The smallest absolute Gasteiger partial charge is 0.330 e. The number of carbonyl (C=O) groups excluding carboxylic acids is 2. The molecule has 5 saturated carbocycles. The van der Waals surface area contributed by atoms with Crippen LogP contribution in [-0.2, 0) is 14.3 Å². The molecule has 1 N–H and O–H groups in total. The maximum atomic E-state index is 15.1. The van der Waals surface area contributed by atoms with E-state index in [1.807, 2.05) is 0 Å². The van der Waals surface area contributed by atoms with Gasteiger partial charge in [-0.2, -0.15) is 0 Å². The van der Waals surface area contributed by atoms with E-state index in [2.05, 4.69) is 5.32 Å². The van der Waals surface area contributed by atoms with Gasteiger partial charge in [-0.05, 0) is 86.7 Å². The predicted octanol–water partition coefficient (Wildman–Crippen LogP) is 4.22. The number of methoxy groups -OCH3 is 2. The van der Waals surface area contributed by atoms with Gasteiger partial charge in [0.05, 0.1) is 25.9 Å². The molecule has 6 nitrogen and oxygen atoms in total. The van der Waals surface area contributed by atoms with Gasteiger partial charge in [0, 0.05) is 18.6 Å². The topological polar surface area (TPSA) is 73.9 Å². The SMILES string of the molecule is COCC(NC(=O)c1cc(C2CC2)c(OCC23CC4CC(CC(C4)C2)C3)cc1F)C(=O)OC. The second-order valence-electron chi connectivity index (χ2n) is 10.9. The van der Waals surface area contributed by atoms with E-state index in [0.717, 1.165) is 36.2 Å². The Bertz CT molecular complexity index is 892. The molecule has 180 valence electrons. The van der Waals surface area contributed by atoms with Crippen molar-refractivity contribution in [3.05, 3.63) is 29.1 Å². The molecule has 0 aliphatic heterocycles. The Kier molecular flexibility index (Phi) is 6.10. The fraction of sp³-hybridized carbons (Fsp3) is 0.692. The van der Waals surface area contributed by atoms with E-state index < -0.39 is 23.7 Å². The highest BCUT2D eigenvalue weighted by molar-refractivity contribution is 5.97. The van der Waals surface area contributed by atoms with Crippen molar-refractivity contribution in [3.63, 3.8) is 0 Å². The predicted molar refractivity (Wildman–Crippen MR) is 120 cm³/mol. The van der Waals surface area contributed by atoms with E-state index in [1.165, 1.54) is 58.8 Å². The minimum absolute atomic E-state index is 0.0538. The Morgan fingerprint density at radius 3 is 2.27 bits per heavy atom. The van der Waals surface area contributed by atoms with Crippen molar-refractivity contribution in [2.75, 3.05) is 27.4 Å². The third kappa shape index (κ3) is 4.61. The molecule has 1 aromatic carbocycles. The van der Waals surface area contributed by atoms with E-state index in [-0.39, 0.29) is 17.6 Å². The molecule has 7 heteroatoms. The van der Waals surface area contributed by atoms with Crippen molar-refractivity contribution < 1.29 is 28.2 Å². The average Bonchev–Trinajstić information content (AvgIpc) is 3.61. The summed E-state index contributed by atoms with van der Waals surface area (Å²) < 4.78 is 31.1. The minimum Gasteiger partial charge on any atom is -0.493 e. The summed E-state index contributed by atoms with van der Waals surface area (Å²) in [7, 11) is 2.66. The van der Waals surface area contributed by atoms with Crippen LogP contribution in [0.4, 0.5) is 4.39 Å². The number of carbonyl (C=O) groups is 2. The maximum Gasteiger partial charge on any atom is 0.330 e. The molecule has 6 rings (SSSR count). The molecule has 1 unspecified atom stereocenters. The summed E-state index contributed by atoms with van der Waals surface area (Å²) in [5, 5.41) is 2.53. The van der Waals surface area contributed by atoms with E-state index >= 15 is 4.39 Å². The molecule has 0 heterocycles. The number of hydrogen-bond acceptors (Lipinski definition) is 5. The first-order valence-electron chi connectivity index (χ1n) is 12.2. The van der Waals surface area contributed by atoms with E-state index in [4.69, 9.17) is 14.2 Å². The lowest BCUT2D eigenvalue weighted by molar-refractivity contribution is -0.144. The Balaban J connectivity index is 1.33. The number of benzene rings is 1. The first kappa shape index (κ1) is 22.6. The van der Waals surface area contributed by atoms with Crippen LogP contribution < -0.4 is 10.1 Å². The molecule has 0 saturated heterocycles. The van der Waals surface area contributed by atoms with Crippen molar-refractivity contribution in [2.45, 2.75) is 63.3 Å². The number of halogens is 1.